The van der Waals surface area contributed by atoms with Gasteiger partial charge in [-0.25, -0.2) is 18.8 Å². The zero-order valence-corrected chi connectivity index (χ0v) is 27.0. The normalized spacial score (nSPS) is 17.6. The Morgan fingerprint density at radius 2 is 1.84 bits per heavy atom. The molecule has 11 nitrogen and oxygen atoms in total. The van der Waals surface area contributed by atoms with Crippen molar-refractivity contribution in [3.05, 3.63) is 52.4 Å². The van der Waals surface area contributed by atoms with Crippen molar-refractivity contribution in [1.82, 2.24) is 19.2 Å². The molecule has 3 aromatic rings. The minimum Gasteiger partial charge on any atom is -0.507 e. The van der Waals surface area contributed by atoms with Gasteiger partial charge in [-0.3, -0.25) is 4.90 Å². The molecule has 2 aromatic heterocycles. The summed E-state index contributed by atoms with van der Waals surface area (Å²) in [6.45, 7) is 16.0. The van der Waals surface area contributed by atoms with E-state index in [1.165, 1.54) is 10.6 Å². The summed E-state index contributed by atoms with van der Waals surface area (Å²) in [5, 5.41) is 15.3. The number of fused-ring (bicyclic) bond motifs is 1. The second-order valence-electron chi connectivity index (χ2n) is 12.0. The number of anilines is 2. The number of allylic oxidation sites excluding steroid dienone is 1. The number of nitrogens with one attached hydrogen (secondary N) is 1. The van der Waals surface area contributed by atoms with Gasteiger partial charge in [0.2, 0.25) is 16.0 Å². The molecule has 2 fully saturated rings. The van der Waals surface area contributed by atoms with E-state index < -0.39 is 10.0 Å². The van der Waals surface area contributed by atoms with Gasteiger partial charge in [0.25, 0.3) is 0 Å². The van der Waals surface area contributed by atoms with Gasteiger partial charge >= 0.3 is 0 Å². The minimum atomic E-state index is -3.17. The summed E-state index contributed by atoms with van der Waals surface area (Å²) >= 11 is 1.67. The van der Waals surface area contributed by atoms with Crippen LogP contribution in [0.25, 0.3) is 10.2 Å². The van der Waals surface area contributed by atoms with Crippen LogP contribution in [0, 0.1) is 0 Å². The predicted octanol–water partition coefficient (Wildman–Crippen LogP) is 3.78. The molecule has 5 rings (SSSR count). The van der Waals surface area contributed by atoms with Crippen LogP contribution in [0.3, 0.4) is 0 Å². The van der Waals surface area contributed by atoms with E-state index in [0.717, 1.165) is 51.7 Å². The van der Waals surface area contributed by atoms with Crippen molar-refractivity contribution in [2.45, 2.75) is 39.2 Å². The quantitative estimate of drug-likeness (QED) is 0.207. The molecule has 0 radical (unpaired) electrons. The molecule has 0 bridgehead atoms. The topological polar surface area (TPSA) is 123 Å². The zero-order chi connectivity index (χ0) is 30.8. The lowest BCUT2D eigenvalue weighted by Crippen LogP contribution is -2.47. The van der Waals surface area contributed by atoms with E-state index in [-0.39, 0.29) is 11.2 Å². The van der Waals surface area contributed by atoms with Crippen molar-refractivity contribution in [3.8, 4) is 5.75 Å². The van der Waals surface area contributed by atoms with E-state index in [1.807, 2.05) is 12.1 Å². The number of aromatic hydroxyl groups is 1. The molecule has 0 amide bonds. The maximum Gasteiger partial charge on any atom is 0.246 e. The van der Waals surface area contributed by atoms with Gasteiger partial charge < -0.3 is 14.7 Å². The van der Waals surface area contributed by atoms with Crippen molar-refractivity contribution in [3.63, 3.8) is 0 Å². The summed E-state index contributed by atoms with van der Waals surface area (Å²) in [6, 6.07) is 6.06. The monoisotopic (exact) mass is 627 g/mol. The first kappa shape index (κ1) is 31.3. The summed E-state index contributed by atoms with van der Waals surface area (Å²) < 4.78 is 31.9. The van der Waals surface area contributed by atoms with Crippen LogP contribution in [0.15, 0.2) is 36.0 Å². The number of benzene rings is 1. The van der Waals surface area contributed by atoms with Crippen LogP contribution in [0.2, 0.25) is 0 Å². The number of morpholine rings is 1. The molecule has 2 aliphatic heterocycles. The van der Waals surface area contributed by atoms with E-state index in [1.54, 1.807) is 23.6 Å². The summed E-state index contributed by atoms with van der Waals surface area (Å²) in [5.41, 5.74) is 6.24. The van der Waals surface area contributed by atoms with Crippen molar-refractivity contribution in [1.29, 1.82) is 0 Å². The first-order valence-corrected chi connectivity index (χ1v) is 17.2. The number of rotatable bonds is 9. The zero-order valence-electron chi connectivity index (χ0n) is 25.3. The summed E-state index contributed by atoms with van der Waals surface area (Å²) in [7, 11) is -3.17. The van der Waals surface area contributed by atoms with Crippen molar-refractivity contribution >= 4 is 49.6 Å². The Morgan fingerprint density at radius 1 is 1.12 bits per heavy atom. The average molecular weight is 628 g/mol. The third-order valence-electron chi connectivity index (χ3n) is 7.71. The molecule has 43 heavy (non-hydrogen) atoms. The second kappa shape index (κ2) is 12.9. The number of phenols is 1. The fourth-order valence-electron chi connectivity index (χ4n) is 5.24. The van der Waals surface area contributed by atoms with Crippen LogP contribution in [-0.2, 0) is 33.1 Å². The van der Waals surface area contributed by atoms with Crippen molar-refractivity contribution in [2.75, 3.05) is 69.1 Å². The molecule has 0 atom stereocenters. The number of piperazine rings is 1. The molecule has 13 heteroatoms. The minimum absolute atomic E-state index is 0.0984. The molecule has 2 N–H and O–H groups in total. The Labute approximate surface area is 257 Å². The molecule has 232 valence electrons. The molecule has 0 saturated carbocycles. The van der Waals surface area contributed by atoms with Gasteiger partial charge in [-0.15, -0.1) is 17.9 Å². The number of hydrazone groups is 1. The predicted molar refractivity (Wildman–Crippen MR) is 174 cm³/mol. The molecule has 4 heterocycles. The third kappa shape index (κ3) is 7.52. The van der Waals surface area contributed by atoms with Gasteiger partial charge in [0.1, 0.15) is 5.75 Å². The SMILES string of the molecule is C=CCc1cc(C(C)(C)C)cc(/C=N/Nc2nc(N3CCOCC3)c3sc(CN4CCN(S(C)(=O)=O)CC4)cc3n2)c1O. The Kier molecular flexibility index (Phi) is 9.37. The van der Waals surface area contributed by atoms with Crippen LogP contribution >= 0.6 is 11.3 Å². The van der Waals surface area contributed by atoms with E-state index >= 15 is 0 Å². The molecule has 1 aromatic carbocycles. The van der Waals surface area contributed by atoms with Crippen LogP contribution < -0.4 is 10.3 Å². The number of hydrogen-bond donors (Lipinski definition) is 2. The van der Waals surface area contributed by atoms with Crippen LogP contribution in [0.5, 0.6) is 5.75 Å². The fourth-order valence-corrected chi connectivity index (χ4v) is 7.22. The summed E-state index contributed by atoms with van der Waals surface area (Å²) in [5.74, 6) is 1.40. The number of thiophene rings is 1. The van der Waals surface area contributed by atoms with Crippen molar-refractivity contribution < 1.29 is 18.3 Å². The third-order valence-corrected chi connectivity index (χ3v) is 10.1. The van der Waals surface area contributed by atoms with Gasteiger partial charge in [-0.05, 0) is 35.1 Å². The largest absolute Gasteiger partial charge is 0.507 e. The Hall–Kier alpha value is -3.10. The molecular formula is C30H41N7O4S2. The average Bonchev–Trinajstić information content (AvgIpc) is 3.36. The van der Waals surface area contributed by atoms with Gasteiger partial charge in [0, 0.05) is 56.3 Å². The Morgan fingerprint density at radius 3 is 2.49 bits per heavy atom. The number of phenolic OH excluding ortho intramolecular Hbond substituents is 1. The first-order valence-electron chi connectivity index (χ1n) is 14.5. The molecule has 2 saturated heterocycles. The van der Waals surface area contributed by atoms with Gasteiger partial charge in [-0.1, -0.05) is 32.9 Å². The van der Waals surface area contributed by atoms with E-state index in [4.69, 9.17) is 14.7 Å². The molecule has 0 unspecified atom stereocenters. The Bertz CT molecular complexity index is 1600. The first-order chi connectivity index (χ1) is 20.4. The van der Waals surface area contributed by atoms with Crippen LogP contribution in [0.1, 0.15) is 42.3 Å². The number of aromatic nitrogens is 2. The summed E-state index contributed by atoms with van der Waals surface area (Å²) in [4.78, 5) is 15.3. The molecule has 2 aliphatic rings. The van der Waals surface area contributed by atoms with E-state index in [9.17, 15) is 13.5 Å². The fraction of sp³-hybridized carbons (Fsp3) is 0.500. The Balaban J connectivity index is 1.40. The summed E-state index contributed by atoms with van der Waals surface area (Å²) in [6.07, 6.45) is 5.21. The van der Waals surface area contributed by atoms with Gasteiger partial charge in [0.05, 0.1) is 35.9 Å². The number of nitrogens with zero attached hydrogens (tertiary/aromatic N) is 6. The number of sulfonamides is 1. The highest BCUT2D eigenvalue weighted by atomic mass is 32.2. The van der Waals surface area contributed by atoms with Crippen LogP contribution in [-0.4, -0.2) is 97.7 Å². The van der Waals surface area contributed by atoms with E-state index in [2.05, 4.69) is 53.7 Å². The van der Waals surface area contributed by atoms with Gasteiger partial charge in [-0.2, -0.15) is 14.4 Å². The highest BCUT2D eigenvalue weighted by Gasteiger charge is 2.25. The smallest absolute Gasteiger partial charge is 0.246 e. The van der Waals surface area contributed by atoms with Crippen molar-refractivity contribution in [2.24, 2.45) is 5.10 Å². The molecular weight excluding hydrogens is 587 g/mol. The maximum absolute atomic E-state index is 11.9. The van der Waals surface area contributed by atoms with Crippen LogP contribution in [0.4, 0.5) is 11.8 Å². The highest BCUT2D eigenvalue weighted by molar-refractivity contribution is 7.88. The maximum atomic E-state index is 11.9. The molecule has 0 aliphatic carbocycles. The highest BCUT2D eigenvalue weighted by Crippen LogP contribution is 2.35. The standard InChI is InChI=1S/C30H41N7O4S2/c1-6-7-21-16-23(30(2,3)4)17-22(26(21)38)19-31-34-29-32-25-18-24(20-35-8-10-37(11-9-35)43(5,39)40)42-27(25)28(33-29)36-12-14-41-15-13-36/h6,16-19,38H,1,7-15,20H2,2-5H3,(H,32,33,34)/b31-19+. The lowest BCUT2D eigenvalue weighted by atomic mass is 9.84. The lowest BCUT2D eigenvalue weighted by molar-refractivity contribution is 0.122. The van der Waals surface area contributed by atoms with E-state index in [0.29, 0.717) is 57.3 Å². The molecule has 0 spiro atoms. The van der Waals surface area contributed by atoms with Gasteiger partial charge in [0.15, 0.2) is 5.82 Å². The number of ether oxygens (including phenoxy) is 1. The lowest BCUT2D eigenvalue weighted by Gasteiger charge is -2.32. The second-order valence-corrected chi connectivity index (χ2v) is 15.1. The number of hydrogen-bond acceptors (Lipinski definition) is 11.